The highest BCUT2D eigenvalue weighted by molar-refractivity contribution is 5.92. The van der Waals surface area contributed by atoms with E-state index in [1.165, 1.54) is 0 Å². The van der Waals surface area contributed by atoms with Gasteiger partial charge in [0, 0.05) is 24.8 Å². The lowest BCUT2D eigenvalue weighted by molar-refractivity contribution is -0.117. The minimum absolute atomic E-state index is 0.0544. The maximum Gasteiger partial charge on any atom is 0.336 e. The van der Waals surface area contributed by atoms with E-state index in [0.717, 1.165) is 42.9 Å². The van der Waals surface area contributed by atoms with E-state index in [1.807, 2.05) is 73.8 Å². The van der Waals surface area contributed by atoms with Gasteiger partial charge in [0.05, 0.1) is 12.1 Å². The number of likely N-dealkylation sites (tertiary alicyclic amines) is 1. The molecule has 1 aliphatic heterocycles. The number of benzene rings is 3. The first-order chi connectivity index (χ1) is 17.0. The Hall–Kier alpha value is -3.68. The van der Waals surface area contributed by atoms with E-state index >= 15 is 0 Å². The fourth-order valence-corrected chi connectivity index (χ4v) is 4.43. The van der Waals surface area contributed by atoms with Crippen molar-refractivity contribution in [2.45, 2.75) is 25.4 Å². The zero-order valence-corrected chi connectivity index (χ0v) is 19.9. The summed E-state index contributed by atoms with van der Waals surface area (Å²) in [5.41, 5.74) is 1.87. The molecule has 7 heteroatoms. The Bertz CT molecular complexity index is 1130. The lowest BCUT2D eigenvalue weighted by atomic mass is 10.0. The minimum Gasteiger partial charge on any atom is -0.478 e. The fourth-order valence-electron chi connectivity index (χ4n) is 4.43. The average Bonchev–Trinajstić information content (AvgIpc) is 2.86. The SMILES string of the molecule is CN(Cc1ccccc1C(=O)O)C1CCCN(CC(=O)Nc2ccc(Oc3ccccc3)cc2)C1. The summed E-state index contributed by atoms with van der Waals surface area (Å²) < 4.78 is 5.80. The molecule has 182 valence electrons. The number of nitrogens with zero attached hydrogens (tertiary/aromatic N) is 2. The second kappa shape index (κ2) is 11.6. The van der Waals surface area contributed by atoms with Crippen LogP contribution >= 0.6 is 0 Å². The van der Waals surface area contributed by atoms with Gasteiger partial charge in [-0.3, -0.25) is 14.6 Å². The van der Waals surface area contributed by atoms with E-state index in [2.05, 4.69) is 15.1 Å². The average molecular weight is 474 g/mol. The summed E-state index contributed by atoms with van der Waals surface area (Å²) in [6.45, 7) is 2.51. The molecule has 1 saturated heterocycles. The normalized spacial score (nSPS) is 16.1. The van der Waals surface area contributed by atoms with E-state index in [-0.39, 0.29) is 11.9 Å². The first-order valence-corrected chi connectivity index (χ1v) is 11.8. The Balaban J connectivity index is 1.28. The third kappa shape index (κ3) is 6.91. The van der Waals surface area contributed by atoms with Crippen molar-refractivity contribution in [1.82, 2.24) is 9.80 Å². The smallest absolute Gasteiger partial charge is 0.336 e. The summed E-state index contributed by atoms with van der Waals surface area (Å²) in [4.78, 5) is 28.6. The van der Waals surface area contributed by atoms with Crippen molar-refractivity contribution in [3.8, 4) is 11.5 Å². The van der Waals surface area contributed by atoms with Crippen molar-refractivity contribution in [3.63, 3.8) is 0 Å². The number of carbonyl (C=O) groups excluding carboxylic acids is 1. The zero-order valence-electron chi connectivity index (χ0n) is 19.9. The molecule has 0 aliphatic carbocycles. The Morgan fingerprint density at radius 1 is 1.00 bits per heavy atom. The van der Waals surface area contributed by atoms with Crippen LogP contribution in [0.4, 0.5) is 5.69 Å². The number of ether oxygens (including phenoxy) is 1. The van der Waals surface area contributed by atoms with Gasteiger partial charge in [0.25, 0.3) is 0 Å². The molecule has 0 saturated carbocycles. The van der Waals surface area contributed by atoms with Crippen LogP contribution in [0.2, 0.25) is 0 Å². The summed E-state index contributed by atoms with van der Waals surface area (Å²) in [6, 6.07) is 24.3. The Morgan fingerprint density at radius 2 is 1.69 bits per heavy atom. The first-order valence-electron chi connectivity index (χ1n) is 11.8. The van der Waals surface area contributed by atoms with Crippen LogP contribution in [0, 0.1) is 0 Å². The number of likely N-dealkylation sites (N-methyl/N-ethyl adjacent to an activating group) is 1. The van der Waals surface area contributed by atoms with E-state index in [1.54, 1.807) is 12.1 Å². The van der Waals surface area contributed by atoms with Crippen LogP contribution in [0.15, 0.2) is 78.9 Å². The molecule has 1 heterocycles. The molecule has 0 bridgehead atoms. The number of carboxylic acids is 1. The molecule has 3 aromatic carbocycles. The number of carbonyl (C=O) groups is 2. The Kier molecular flexibility index (Phi) is 8.13. The molecule has 1 fully saturated rings. The maximum atomic E-state index is 12.7. The molecule has 35 heavy (non-hydrogen) atoms. The molecule has 1 atom stereocenters. The number of nitrogens with one attached hydrogen (secondary N) is 1. The highest BCUT2D eigenvalue weighted by Crippen LogP contribution is 2.23. The van der Waals surface area contributed by atoms with Gasteiger partial charge < -0.3 is 15.2 Å². The van der Waals surface area contributed by atoms with Crippen molar-refractivity contribution < 1.29 is 19.4 Å². The van der Waals surface area contributed by atoms with Gasteiger partial charge in [-0.15, -0.1) is 0 Å². The molecule has 4 rings (SSSR count). The van der Waals surface area contributed by atoms with Crippen LogP contribution in [0.5, 0.6) is 11.5 Å². The lowest BCUT2D eigenvalue weighted by Gasteiger charge is -2.37. The van der Waals surface area contributed by atoms with Gasteiger partial charge in [-0.05, 0) is 74.5 Å². The van der Waals surface area contributed by atoms with Gasteiger partial charge in [-0.2, -0.15) is 0 Å². The number of amides is 1. The number of para-hydroxylation sites is 1. The predicted octanol–water partition coefficient (Wildman–Crippen LogP) is 4.71. The van der Waals surface area contributed by atoms with Gasteiger partial charge in [0.1, 0.15) is 11.5 Å². The number of anilines is 1. The van der Waals surface area contributed by atoms with E-state index in [9.17, 15) is 14.7 Å². The van der Waals surface area contributed by atoms with E-state index < -0.39 is 5.97 Å². The number of aromatic carboxylic acids is 1. The third-order valence-corrected chi connectivity index (χ3v) is 6.26. The van der Waals surface area contributed by atoms with Crippen LogP contribution in [0.1, 0.15) is 28.8 Å². The van der Waals surface area contributed by atoms with Gasteiger partial charge in [-0.1, -0.05) is 36.4 Å². The van der Waals surface area contributed by atoms with Gasteiger partial charge in [-0.25, -0.2) is 4.79 Å². The van der Waals surface area contributed by atoms with E-state index in [0.29, 0.717) is 24.4 Å². The predicted molar refractivity (Wildman–Crippen MR) is 136 cm³/mol. The maximum absolute atomic E-state index is 12.7. The molecule has 3 aromatic rings. The van der Waals surface area contributed by atoms with Crippen molar-refractivity contribution in [1.29, 1.82) is 0 Å². The lowest BCUT2D eigenvalue weighted by Crippen LogP contribution is -2.48. The largest absolute Gasteiger partial charge is 0.478 e. The monoisotopic (exact) mass is 473 g/mol. The van der Waals surface area contributed by atoms with Crippen LogP contribution in [0.25, 0.3) is 0 Å². The van der Waals surface area contributed by atoms with Gasteiger partial charge >= 0.3 is 5.97 Å². The third-order valence-electron chi connectivity index (χ3n) is 6.26. The number of carboxylic acid groups (broad SMARTS) is 1. The molecule has 0 radical (unpaired) electrons. The molecule has 0 spiro atoms. The van der Waals surface area contributed by atoms with E-state index in [4.69, 9.17) is 4.74 Å². The van der Waals surface area contributed by atoms with Crippen LogP contribution < -0.4 is 10.1 Å². The summed E-state index contributed by atoms with van der Waals surface area (Å²) in [5, 5.41) is 12.4. The highest BCUT2D eigenvalue weighted by atomic mass is 16.5. The number of rotatable bonds is 9. The summed E-state index contributed by atoms with van der Waals surface area (Å²) in [7, 11) is 2.02. The molecular weight excluding hydrogens is 442 g/mol. The number of hydrogen-bond donors (Lipinski definition) is 2. The minimum atomic E-state index is -0.907. The summed E-state index contributed by atoms with van der Waals surface area (Å²) in [5.74, 6) is 0.512. The summed E-state index contributed by atoms with van der Waals surface area (Å²) in [6.07, 6.45) is 2.01. The topological polar surface area (TPSA) is 82.1 Å². The second-order valence-electron chi connectivity index (χ2n) is 8.90. The Morgan fingerprint density at radius 3 is 2.43 bits per heavy atom. The molecule has 1 amide bonds. The van der Waals surface area contributed by atoms with Crippen molar-refractivity contribution >= 4 is 17.6 Å². The van der Waals surface area contributed by atoms with Crippen molar-refractivity contribution in [3.05, 3.63) is 90.0 Å². The zero-order chi connectivity index (χ0) is 24.6. The molecule has 7 nitrogen and oxygen atoms in total. The van der Waals surface area contributed by atoms with Gasteiger partial charge in [0.15, 0.2) is 0 Å². The number of piperidine rings is 1. The summed E-state index contributed by atoms with van der Waals surface area (Å²) >= 11 is 0. The molecule has 0 aromatic heterocycles. The highest BCUT2D eigenvalue weighted by Gasteiger charge is 2.25. The molecule has 2 N–H and O–H groups in total. The van der Waals surface area contributed by atoms with Crippen molar-refractivity contribution in [2.75, 3.05) is 32.0 Å². The first kappa shape index (κ1) is 24.4. The standard InChI is InChI=1S/C28H31N3O4/c1-30(18-21-8-5-6-12-26(21)28(33)34)23-9-7-17-31(19-23)20-27(32)29-22-13-15-25(16-14-22)35-24-10-3-2-4-11-24/h2-6,8,10-16,23H,7,9,17-20H2,1H3,(H,29,32)(H,33,34). The molecular formula is C28H31N3O4. The van der Waals surface area contributed by atoms with Crippen molar-refractivity contribution in [2.24, 2.45) is 0 Å². The number of hydrogen-bond acceptors (Lipinski definition) is 5. The molecule has 1 unspecified atom stereocenters. The fraction of sp³-hybridized carbons (Fsp3) is 0.286. The van der Waals surface area contributed by atoms with Gasteiger partial charge in [0.2, 0.25) is 5.91 Å². The second-order valence-corrected chi connectivity index (χ2v) is 8.90. The Labute approximate surface area is 205 Å². The molecule has 1 aliphatic rings. The quantitative estimate of drug-likeness (QED) is 0.468. The van der Waals surface area contributed by atoms with Crippen LogP contribution in [-0.4, -0.2) is 59.5 Å². The van der Waals surface area contributed by atoms with Crippen LogP contribution in [0.3, 0.4) is 0 Å². The van der Waals surface area contributed by atoms with Crippen LogP contribution in [-0.2, 0) is 11.3 Å².